The number of rotatable bonds is 9. The highest BCUT2D eigenvalue weighted by molar-refractivity contribution is 5.96. The number of carboxylic acids is 1. The number of carboxylic acid groups (broad SMARTS) is 1. The van der Waals surface area contributed by atoms with Crippen LogP contribution in [-0.2, 0) is 11.2 Å². The van der Waals surface area contributed by atoms with Crippen LogP contribution in [0.25, 0.3) is 0 Å². The minimum atomic E-state index is -0.965. The highest BCUT2D eigenvalue weighted by Gasteiger charge is 2.11. The van der Waals surface area contributed by atoms with Crippen molar-refractivity contribution in [3.63, 3.8) is 0 Å². The summed E-state index contributed by atoms with van der Waals surface area (Å²) in [6.45, 7) is 1.20. The highest BCUT2D eigenvalue weighted by Crippen LogP contribution is 2.17. The molecule has 2 aromatic carbocycles. The molecule has 0 spiro atoms. The number of hydrogen-bond donors (Lipinski definition) is 2. The second-order valence-electron chi connectivity index (χ2n) is 5.35. The number of aromatic carboxylic acids is 1. The molecule has 25 heavy (non-hydrogen) atoms. The summed E-state index contributed by atoms with van der Waals surface area (Å²) in [5, 5.41) is 11.8. The lowest BCUT2D eigenvalue weighted by Gasteiger charge is -2.11. The number of carbonyl (C=O) groups excluding carboxylic acids is 1. The molecule has 0 aliphatic rings. The summed E-state index contributed by atoms with van der Waals surface area (Å²) in [7, 11) is 1.58. The van der Waals surface area contributed by atoms with Gasteiger partial charge in [-0.1, -0.05) is 24.3 Å². The summed E-state index contributed by atoms with van der Waals surface area (Å²) < 4.78 is 10.5. The van der Waals surface area contributed by atoms with E-state index in [0.29, 0.717) is 37.5 Å². The van der Waals surface area contributed by atoms with Crippen LogP contribution in [0.1, 0.15) is 26.3 Å². The van der Waals surface area contributed by atoms with Crippen LogP contribution in [0, 0.1) is 0 Å². The fraction of sp³-hybridized carbons (Fsp3) is 0.263. The van der Waals surface area contributed by atoms with Crippen molar-refractivity contribution in [3.8, 4) is 5.75 Å². The summed E-state index contributed by atoms with van der Waals surface area (Å²) in [6, 6.07) is 13.7. The van der Waals surface area contributed by atoms with Gasteiger partial charge >= 0.3 is 5.97 Å². The SMILES string of the molecule is COCCOc1ccccc1C(=O)NCCc1cccc(C(=O)O)c1. The van der Waals surface area contributed by atoms with Crippen LogP contribution in [0.15, 0.2) is 48.5 Å². The Balaban J connectivity index is 1.92. The van der Waals surface area contributed by atoms with Crippen LogP contribution in [0.5, 0.6) is 5.75 Å². The zero-order chi connectivity index (χ0) is 18.1. The Morgan fingerprint density at radius 2 is 1.88 bits per heavy atom. The standard InChI is InChI=1S/C19H21NO5/c1-24-11-12-25-17-8-3-2-7-16(17)18(21)20-10-9-14-5-4-6-15(13-14)19(22)23/h2-8,13H,9-12H2,1H3,(H,20,21)(H,22,23). The first-order chi connectivity index (χ1) is 12.1. The number of carbonyl (C=O) groups is 2. The first-order valence-electron chi connectivity index (χ1n) is 7.93. The molecule has 0 aromatic heterocycles. The maximum atomic E-state index is 12.3. The van der Waals surface area contributed by atoms with E-state index < -0.39 is 5.97 Å². The van der Waals surface area contributed by atoms with Crippen molar-refractivity contribution in [1.29, 1.82) is 0 Å². The van der Waals surface area contributed by atoms with E-state index in [4.69, 9.17) is 14.6 Å². The molecule has 0 radical (unpaired) electrons. The van der Waals surface area contributed by atoms with Crippen molar-refractivity contribution in [2.75, 3.05) is 26.9 Å². The summed E-state index contributed by atoms with van der Waals surface area (Å²) in [5.74, 6) is -0.694. The summed E-state index contributed by atoms with van der Waals surface area (Å²) >= 11 is 0. The Morgan fingerprint density at radius 3 is 2.64 bits per heavy atom. The normalized spacial score (nSPS) is 10.3. The molecule has 0 aliphatic carbocycles. The average molecular weight is 343 g/mol. The number of ether oxygens (including phenoxy) is 2. The first-order valence-corrected chi connectivity index (χ1v) is 7.93. The van der Waals surface area contributed by atoms with Gasteiger partial charge in [-0.05, 0) is 36.2 Å². The van der Waals surface area contributed by atoms with Gasteiger partial charge in [-0.25, -0.2) is 4.79 Å². The van der Waals surface area contributed by atoms with Crippen LogP contribution in [0.3, 0.4) is 0 Å². The predicted molar refractivity (Wildman–Crippen MR) is 93.3 cm³/mol. The molecule has 6 nitrogen and oxygen atoms in total. The number of methoxy groups -OCH3 is 1. The molecule has 0 unspecified atom stereocenters. The molecule has 2 rings (SSSR count). The number of nitrogens with one attached hydrogen (secondary N) is 1. The van der Waals surface area contributed by atoms with Gasteiger partial charge in [0.05, 0.1) is 17.7 Å². The fourth-order valence-electron chi connectivity index (χ4n) is 2.29. The molecule has 132 valence electrons. The molecule has 2 N–H and O–H groups in total. The largest absolute Gasteiger partial charge is 0.490 e. The molecule has 6 heteroatoms. The lowest BCUT2D eigenvalue weighted by atomic mass is 10.1. The van der Waals surface area contributed by atoms with Crippen LogP contribution in [0.2, 0.25) is 0 Å². The Bertz CT molecular complexity index is 729. The van der Waals surface area contributed by atoms with Crippen LogP contribution in [0.4, 0.5) is 0 Å². The number of benzene rings is 2. The maximum absolute atomic E-state index is 12.3. The van der Waals surface area contributed by atoms with Gasteiger partial charge in [0.25, 0.3) is 5.91 Å². The lowest BCUT2D eigenvalue weighted by Crippen LogP contribution is -2.26. The fourth-order valence-corrected chi connectivity index (χ4v) is 2.29. The van der Waals surface area contributed by atoms with Crippen LogP contribution in [-0.4, -0.2) is 43.9 Å². The van der Waals surface area contributed by atoms with Gasteiger partial charge in [0.15, 0.2) is 0 Å². The summed E-state index contributed by atoms with van der Waals surface area (Å²) in [6.07, 6.45) is 0.541. The Morgan fingerprint density at radius 1 is 1.08 bits per heavy atom. The second kappa shape index (κ2) is 9.44. The Kier molecular flexibility index (Phi) is 6.98. The quantitative estimate of drug-likeness (QED) is 0.683. The van der Waals surface area contributed by atoms with Crippen molar-refractivity contribution in [2.45, 2.75) is 6.42 Å². The molecule has 0 heterocycles. The zero-order valence-corrected chi connectivity index (χ0v) is 14.0. The van der Waals surface area contributed by atoms with E-state index in [2.05, 4.69) is 5.32 Å². The smallest absolute Gasteiger partial charge is 0.335 e. The van der Waals surface area contributed by atoms with Gasteiger partial charge in [-0.15, -0.1) is 0 Å². The van der Waals surface area contributed by atoms with Crippen LogP contribution >= 0.6 is 0 Å². The Hall–Kier alpha value is -2.86. The first kappa shape index (κ1) is 18.5. The zero-order valence-electron chi connectivity index (χ0n) is 14.0. The molecular weight excluding hydrogens is 322 g/mol. The minimum Gasteiger partial charge on any atom is -0.490 e. The monoisotopic (exact) mass is 343 g/mol. The lowest BCUT2D eigenvalue weighted by molar-refractivity contribution is 0.0696. The van der Waals surface area contributed by atoms with Gasteiger partial charge < -0.3 is 19.9 Å². The van der Waals surface area contributed by atoms with Gasteiger partial charge in [0.2, 0.25) is 0 Å². The number of para-hydroxylation sites is 1. The molecule has 0 atom stereocenters. The van der Waals surface area contributed by atoms with Crippen molar-refractivity contribution < 1.29 is 24.2 Å². The minimum absolute atomic E-state index is 0.234. The maximum Gasteiger partial charge on any atom is 0.335 e. The third kappa shape index (κ3) is 5.61. The van der Waals surface area contributed by atoms with Crippen molar-refractivity contribution >= 4 is 11.9 Å². The molecule has 0 fully saturated rings. The third-order valence-corrected chi connectivity index (χ3v) is 3.55. The van der Waals surface area contributed by atoms with E-state index in [9.17, 15) is 9.59 Å². The Labute approximate surface area is 146 Å². The molecule has 1 amide bonds. The third-order valence-electron chi connectivity index (χ3n) is 3.55. The van der Waals surface area contributed by atoms with Crippen LogP contribution < -0.4 is 10.1 Å². The van der Waals surface area contributed by atoms with Gasteiger partial charge in [-0.3, -0.25) is 4.79 Å². The molecule has 0 saturated heterocycles. The predicted octanol–water partition coefficient (Wildman–Crippen LogP) is 2.38. The van der Waals surface area contributed by atoms with E-state index in [1.54, 1.807) is 43.5 Å². The highest BCUT2D eigenvalue weighted by atomic mass is 16.5. The van der Waals surface area contributed by atoms with E-state index >= 15 is 0 Å². The average Bonchev–Trinajstić information content (AvgIpc) is 2.62. The molecule has 0 aliphatic heterocycles. The number of amides is 1. The van der Waals surface area contributed by atoms with Gasteiger partial charge in [-0.2, -0.15) is 0 Å². The van der Waals surface area contributed by atoms with Gasteiger partial charge in [0.1, 0.15) is 12.4 Å². The van der Waals surface area contributed by atoms with E-state index in [1.165, 1.54) is 6.07 Å². The van der Waals surface area contributed by atoms with Crippen molar-refractivity contribution in [3.05, 3.63) is 65.2 Å². The summed E-state index contributed by atoms with van der Waals surface area (Å²) in [4.78, 5) is 23.3. The van der Waals surface area contributed by atoms with Gasteiger partial charge in [0, 0.05) is 13.7 Å². The summed E-state index contributed by atoms with van der Waals surface area (Å²) in [5.41, 5.74) is 1.54. The second-order valence-corrected chi connectivity index (χ2v) is 5.35. The molecular formula is C19H21NO5. The molecule has 0 saturated carbocycles. The van der Waals surface area contributed by atoms with E-state index in [0.717, 1.165) is 5.56 Å². The van der Waals surface area contributed by atoms with E-state index in [-0.39, 0.29) is 11.5 Å². The molecule has 0 bridgehead atoms. The van der Waals surface area contributed by atoms with E-state index in [1.807, 2.05) is 6.07 Å². The van der Waals surface area contributed by atoms with Crippen molar-refractivity contribution in [2.24, 2.45) is 0 Å². The topological polar surface area (TPSA) is 84.9 Å². The molecule has 2 aromatic rings. The number of hydrogen-bond acceptors (Lipinski definition) is 4. The van der Waals surface area contributed by atoms with Crippen molar-refractivity contribution in [1.82, 2.24) is 5.32 Å².